The van der Waals surface area contributed by atoms with Crippen LogP contribution in [0.25, 0.3) is 0 Å². The highest BCUT2D eigenvalue weighted by atomic mass is 35.5. The van der Waals surface area contributed by atoms with Gasteiger partial charge in [-0.25, -0.2) is 4.39 Å². The van der Waals surface area contributed by atoms with Crippen LogP contribution in [-0.2, 0) is 0 Å². The van der Waals surface area contributed by atoms with E-state index in [1.165, 1.54) is 6.08 Å². The molecule has 0 bridgehead atoms. The first-order valence-electron chi connectivity index (χ1n) is 4.33. The molecule has 6 heteroatoms. The van der Waals surface area contributed by atoms with E-state index in [1.807, 2.05) is 0 Å². The maximum absolute atomic E-state index is 12.9. The fourth-order valence-electron chi connectivity index (χ4n) is 0.956. The fourth-order valence-corrected chi connectivity index (χ4v) is 0.956. The van der Waals surface area contributed by atoms with Gasteiger partial charge in [-0.15, -0.1) is 24.8 Å². The number of hydrogen-bond donors (Lipinski definition) is 1. The number of nitrogens with zero attached hydrogens (tertiary/aromatic N) is 1. The van der Waals surface area contributed by atoms with Gasteiger partial charge in [-0.1, -0.05) is 0 Å². The van der Waals surface area contributed by atoms with Gasteiger partial charge >= 0.3 is 0 Å². The van der Waals surface area contributed by atoms with Gasteiger partial charge < -0.3 is 10.5 Å². The summed E-state index contributed by atoms with van der Waals surface area (Å²) >= 11 is 0. The topological polar surface area (TPSA) is 48.1 Å². The molecule has 0 saturated carbocycles. The Morgan fingerprint density at radius 2 is 2.25 bits per heavy atom. The lowest BCUT2D eigenvalue weighted by Gasteiger charge is -2.06. The van der Waals surface area contributed by atoms with E-state index in [0.29, 0.717) is 5.75 Å². The van der Waals surface area contributed by atoms with Gasteiger partial charge in [0.05, 0.1) is 5.69 Å². The normalized spacial score (nSPS) is 10.1. The van der Waals surface area contributed by atoms with Crippen molar-refractivity contribution in [3.63, 3.8) is 0 Å². The first kappa shape index (κ1) is 17.6. The average Bonchev–Trinajstić information content (AvgIpc) is 2.17. The molecule has 1 rings (SSSR count). The Kier molecular flexibility index (Phi) is 10.3. The summed E-state index contributed by atoms with van der Waals surface area (Å²) < 4.78 is 18.0. The predicted molar refractivity (Wildman–Crippen MR) is 67.2 cm³/mol. The van der Waals surface area contributed by atoms with Crippen LogP contribution in [0.1, 0.15) is 5.69 Å². The van der Waals surface area contributed by atoms with E-state index in [-0.39, 0.29) is 43.8 Å². The molecular weight excluding hydrogens is 254 g/mol. The van der Waals surface area contributed by atoms with Crippen LogP contribution in [0.3, 0.4) is 0 Å². The second-order valence-corrected chi connectivity index (χ2v) is 2.76. The molecule has 92 valence electrons. The largest absolute Gasteiger partial charge is 0.485 e. The van der Waals surface area contributed by atoms with Gasteiger partial charge in [-0.05, 0) is 25.1 Å². The van der Waals surface area contributed by atoms with Gasteiger partial charge in [-0.3, -0.25) is 4.98 Å². The maximum Gasteiger partial charge on any atom is 0.141 e. The monoisotopic (exact) mass is 268 g/mol. The van der Waals surface area contributed by atoms with Crippen LogP contribution in [0, 0.1) is 6.92 Å². The molecule has 0 fully saturated rings. The van der Waals surface area contributed by atoms with Gasteiger partial charge in [0.2, 0.25) is 0 Å². The Labute approximate surface area is 107 Å². The summed E-state index contributed by atoms with van der Waals surface area (Å²) in [6, 6.07) is 3.49. The molecule has 0 spiro atoms. The number of halogens is 3. The van der Waals surface area contributed by atoms with E-state index in [9.17, 15) is 4.39 Å². The third-order valence-corrected chi connectivity index (χ3v) is 1.66. The van der Waals surface area contributed by atoms with Gasteiger partial charge in [-0.2, -0.15) is 0 Å². The molecule has 2 N–H and O–H groups in total. The molecule has 16 heavy (non-hydrogen) atoms. The Bertz CT molecular complexity index is 334. The first-order chi connectivity index (χ1) is 6.74. The minimum absolute atomic E-state index is 0. The van der Waals surface area contributed by atoms with E-state index in [2.05, 4.69) is 4.98 Å². The third kappa shape index (κ3) is 5.90. The molecule has 3 nitrogen and oxygen atoms in total. The molecule has 0 aliphatic heterocycles. The van der Waals surface area contributed by atoms with E-state index in [1.54, 1.807) is 25.3 Å². The highest BCUT2D eigenvalue weighted by molar-refractivity contribution is 5.85. The number of aromatic nitrogens is 1. The SMILES string of the molecule is Cc1ncccc1OCC(F)=CCN.Cl.Cl. The molecule has 0 radical (unpaired) electrons. The molecule has 0 aliphatic rings. The zero-order valence-electron chi connectivity index (χ0n) is 8.85. The molecule has 1 aromatic heterocycles. The van der Waals surface area contributed by atoms with Crippen molar-refractivity contribution in [1.82, 2.24) is 4.98 Å². The minimum atomic E-state index is -0.365. The lowest BCUT2D eigenvalue weighted by Crippen LogP contribution is -2.02. The number of nitrogens with two attached hydrogens (primary N) is 1. The summed E-state index contributed by atoms with van der Waals surface area (Å²) in [5, 5.41) is 0. The number of pyridine rings is 1. The fraction of sp³-hybridized carbons (Fsp3) is 0.300. The quantitative estimate of drug-likeness (QED) is 0.913. The van der Waals surface area contributed by atoms with Gasteiger partial charge in [0.1, 0.15) is 18.2 Å². The molecule has 0 unspecified atom stereocenters. The summed E-state index contributed by atoms with van der Waals surface area (Å²) in [5.74, 6) is 0.226. The highest BCUT2D eigenvalue weighted by Crippen LogP contribution is 2.14. The van der Waals surface area contributed by atoms with Crippen molar-refractivity contribution in [1.29, 1.82) is 0 Å². The second kappa shape index (κ2) is 9.39. The van der Waals surface area contributed by atoms with Crippen molar-refractivity contribution in [2.24, 2.45) is 5.73 Å². The van der Waals surface area contributed by atoms with E-state index < -0.39 is 0 Å². The Morgan fingerprint density at radius 1 is 1.56 bits per heavy atom. The number of ether oxygens (including phenoxy) is 1. The summed E-state index contributed by atoms with van der Waals surface area (Å²) in [4.78, 5) is 4.01. The first-order valence-corrected chi connectivity index (χ1v) is 4.33. The smallest absolute Gasteiger partial charge is 0.141 e. The Morgan fingerprint density at radius 3 is 2.81 bits per heavy atom. The van der Waals surface area contributed by atoms with Crippen molar-refractivity contribution in [2.75, 3.05) is 13.2 Å². The summed E-state index contributed by atoms with van der Waals surface area (Å²) in [5.41, 5.74) is 5.89. The lowest BCUT2D eigenvalue weighted by molar-refractivity contribution is 0.315. The summed E-state index contributed by atoms with van der Waals surface area (Å²) in [7, 11) is 0. The van der Waals surface area contributed by atoms with Crippen LogP contribution in [0.2, 0.25) is 0 Å². The predicted octanol–water partition coefficient (Wildman–Crippen LogP) is 2.42. The van der Waals surface area contributed by atoms with E-state index >= 15 is 0 Å². The van der Waals surface area contributed by atoms with E-state index in [0.717, 1.165) is 5.69 Å². The molecule has 0 saturated heterocycles. The maximum atomic E-state index is 12.9. The highest BCUT2D eigenvalue weighted by Gasteiger charge is 2.00. The van der Waals surface area contributed by atoms with Crippen molar-refractivity contribution in [3.8, 4) is 5.75 Å². The van der Waals surface area contributed by atoms with Gasteiger partial charge in [0, 0.05) is 12.7 Å². The van der Waals surface area contributed by atoms with Crippen LogP contribution >= 0.6 is 24.8 Å². The van der Waals surface area contributed by atoms with Crippen molar-refractivity contribution >= 4 is 24.8 Å². The van der Waals surface area contributed by atoms with Crippen LogP contribution < -0.4 is 10.5 Å². The van der Waals surface area contributed by atoms with Crippen molar-refractivity contribution < 1.29 is 9.13 Å². The second-order valence-electron chi connectivity index (χ2n) is 2.76. The Hall–Kier alpha value is -0.840. The molecule has 0 aromatic carbocycles. The molecule has 0 atom stereocenters. The zero-order valence-corrected chi connectivity index (χ0v) is 10.5. The van der Waals surface area contributed by atoms with Gasteiger partial charge in [0.15, 0.2) is 0 Å². The number of rotatable bonds is 4. The Balaban J connectivity index is 0. The summed E-state index contributed by atoms with van der Waals surface area (Å²) in [6.45, 7) is 1.89. The van der Waals surface area contributed by atoms with Crippen LogP contribution in [0.4, 0.5) is 4.39 Å². The van der Waals surface area contributed by atoms with Crippen molar-refractivity contribution in [3.05, 3.63) is 35.9 Å². The van der Waals surface area contributed by atoms with Crippen LogP contribution in [0.5, 0.6) is 5.75 Å². The van der Waals surface area contributed by atoms with Crippen molar-refractivity contribution in [2.45, 2.75) is 6.92 Å². The molecule has 0 amide bonds. The standard InChI is InChI=1S/C10H13FN2O.2ClH/c1-8-10(3-2-6-13-8)14-7-9(11)4-5-12;;/h2-4,6H,5,7,12H2,1H3;2*1H. The molecular formula is C10H15Cl2FN2O. The third-order valence-electron chi connectivity index (χ3n) is 1.66. The zero-order chi connectivity index (χ0) is 10.4. The summed E-state index contributed by atoms with van der Waals surface area (Å²) in [6.07, 6.45) is 2.94. The number of hydrogen-bond acceptors (Lipinski definition) is 3. The molecule has 1 heterocycles. The molecule has 1 aromatic rings. The number of aryl methyl sites for hydroxylation is 1. The molecule has 0 aliphatic carbocycles. The van der Waals surface area contributed by atoms with Crippen LogP contribution in [0.15, 0.2) is 30.2 Å². The minimum Gasteiger partial charge on any atom is -0.485 e. The lowest BCUT2D eigenvalue weighted by atomic mass is 10.3. The average molecular weight is 269 g/mol. The van der Waals surface area contributed by atoms with E-state index in [4.69, 9.17) is 10.5 Å². The van der Waals surface area contributed by atoms with Gasteiger partial charge in [0.25, 0.3) is 0 Å². The van der Waals surface area contributed by atoms with Crippen LogP contribution in [-0.4, -0.2) is 18.1 Å².